The van der Waals surface area contributed by atoms with Gasteiger partial charge in [0.25, 0.3) is 5.91 Å². The number of carbonyl (C=O) groups excluding carboxylic acids is 1. The quantitative estimate of drug-likeness (QED) is 0.655. The van der Waals surface area contributed by atoms with Crippen LogP contribution in [-0.4, -0.2) is 25.2 Å². The van der Waals surface area contributed by atoms with E-state index in [1.54, 1.807) is 13.0 Å². The second kappa shape index (κ2) is 7.11. The zero-order valence-electron chi connectivity index (χ0n) is 12.9. The van der Waals surface area contributed by atoms with Crippen molar-refractivity contribution in [1.82, 2.24) is 5.16 Å². The Bertz CT molecular complexity index is 803. The van der Waals surface area contributed by atoms with Crippen LogP contribution in [0.1, 0.15) is 11.3 Å². The van der Waals surface area contributed by atoms with Crippen LogP contribution in [-0.2, 0) is 4.79 Å². The molecule has 1 aromatic carbocycles. The molecule has 0 saturated heterocycles. The normalized spacial score (nSPS) is 11.0. The maximum Gasteiger partial charge on any atom is 0.267 e. The number of anilines is 2. The molecule has 6 nitrogen and oxygen atoms in total. The monoisotopic (exact) mass is 374 g/mol. The van der Waals surface area contributed by atoms with Gasteiger partial charge in [0.05, 0.1) is 5.69 Å². The van der Waals surface area contributed by atoms with Gasteiger partial charge in [-0.2, -0.15) is 5.26 Å². The lowest BCUT2D eigenvalue weighted by Crippen LogP contribution is -2.13. The predicted octanol–water partition coefficient (Wildman–Crippen LogP) is 3.36. The Kier molecular flexibility index (Phi) is 5.19. The maximum absolute atomic E-state index is 12.1. The molecular formula is C16H15BrN4O2. The molecule has 118 valence electrons. The molecule has 23 heavy (non-hydrogen) atoms. The third kappa shape index (κ3) is 4.20. The Balaban J connectivity index is 2.23. The molecule has 0 saturated carbocycles. The molecule has 0 bridgehead atoms. The van der Waals surface area contributed by atoms with E-state index in [1.807, 2.05) is 43.3 Å². The molecule has 0 fully saturated rings. The van der Waals surface area contributed by atoms with E-state index in [4.69, 9.17) is 4.52 Å². The molecule has 1 heterocycles. The van der Waals surface area contributed by atoms with Crippen molar-refractivity contribution in [2.24, 2.45) is 0 Å². The first-order chi connectivity index (χ1) is 10.9. The number of aryl methyl sites for hydroxylation is 1. The Hall–Kier alpha value is -2.59. The summed E-state index contributed by atoms with van der Waals surface area (Å²) in [6.07, 6.45) is 1.52. The summed E-state index contributed by atoms with van der Waals surface area (Å²) in [5, 5.41) is 15.4. The molecule has 0 spiro atoms. The van der Waals surface area contributed by atoms with Gasteiger partial charge in [-0.15, -0.1) is 0 Å². The minimum atomic E-state index is -0.534. The number of hydrogen-bond acceptors (Lipinski definition) is 5. The van der Waals surface area contributed by atoms with E-state index in [0.29, 0.717) is 5.76 Å². The summed E-state index contributed by atoms with van der Waals surface area (Å²) >= 11 is 3.48. The highest BCUT2D eigenvalue weighted by Crippen LogP contribution is 2.26. The molecule has 0 aliphatic heterocycles. The smallest absolute Gasteiger partial charge is 0.267 e. The molecule has 1 amide bonds. The van der Waals surface area contributed by atoms with Gasteiger partial charge < -0.3 is 14.7 Å². The molecule has 2 rings (SSSR count). The third-order valence-electron chi connectivity index (χ3n) is 3.00. The standard InChI is InChI=1S/C16H15BrN4O2/c1-10-6-15(20-23-10)19-16(22)12(9-18)7-11-4-5-14(21(2)3)13(17)8-11/h4-8H,1-3H3,(H,19,20,22)/b12-7-. The number of amides is 1. The molecule has 2 aromatic rings. The zero-order valence-corrected chi connectivity index (χ0v) is 14.5. The fourth-order valence-corrected chi connectivity index (χ4v) is 2.65. The van der Waals surface area contributed by atoms with Crippen molar-refractivity contribution in [3.05, 3.63) is 45.6 Å². The van der Waals surface area contributed by atoms with Crippen LogP contribution in [0.2, 0.25) is 0 Å². The van der Waals surface area contributed by atoms with Crippen molar-refractivity contribution >= 4 is 39.4 Å². The minimum absolute atomic E-state index is 0.0184. The first-order valence-corrected chi connectivity index (χ1v) is 7.53. The number of carbonyl (C=O) groups is 1. The molecule has 1 aromatic heterocycles. The number of nitrogens with zero attached hydrogens (tertiary/aromatic N) is 3. The van der Waals surface area contributed by atoms with E-state index in [-0.39, 0.29) is 11.4 Å². The van der Waals surface area contributed by atoms with Crippen molar-refractivity contribution in [2.75, 3.05) is 24.3 Å². The van der Waals surface area contributed by atoms with Crippen LogP contribution in [0.3, 0.4) is 0 Å². The van der Waals surface area contributed by atoms with E-state index < -0.39 is 5.91 Å². The van der Waals surface area contributed by atoms with E-state index in [0.717, 1.165) is 15.7 Å². The van der Waals surface area contributed by atoms with Crippen LogP contribution >= 0.6 is 15.9 Å². The Morgan fingerprint density at radius 1 is 1.43 bits per heavy atom. The summed E-state index contributed by atoms with van der Waals surface area (Å²) in [5.74, 6) is 0.317. The molecule has 0 atom stereocenters. The van der Waals surface area contributed by atoms with Gasteiger partial charge in [-0.1, -0.05) is 11.2 Å². The number of rotatable bonds is 4. The highest BCUT2D eigenvalue weighted by Gasteiger charge is 2.12. The van der Waals surface area contributed by atoms with Crippen molar-refractivity contribution in [1.29, 1.82) is 5.26 Å². The number of benzene rings is 1. The van der Waals surface area contributed by atoms with Gasteiger partial charge in [0, 0.05) is 24.6 Å². The fourth-order valence-electron chi connectivity index (χ4n) is 1.90. The van der Waals surface area contributed by atoms with Gasteiger partial charge in [-0.25, -0.2) is 0 Å². The summed E-state index contributed by atoms with van der Waals surface area (Å²) in [6.45, 7) is 1.72. The summed E-state index contributed by atoms with van der Waals surface area (Å²) < 4.78 is 5.75. The first kappa shape index (κ1) is 16.8. The molecule has 0 aliphatic carbocycles. The minimum Gasteiger partial charge on any atom is -0.377 e. The summed E-state index contributed by atoms with van der Waals surface area (Å²) in [5.41, 5.74) is 1.73. The maximum atomic E-state index is 12.1. The van der Waals surface area contributed by atoms with Crippen molar-refractivity contribution in [2.45, 2.75) is 6.92 Å². The van der Waals surface area contributed by atoms with Crippen LogP contribution in [0.5, 0.6) is 0 Å². The predicted molar refractivity (Wildman–Crippen MR) is 91.9 cm³/mol. The fraction of sp³-hybridized carbons (Fsp3) is 0.188. The lowest BCUT2D eigenvalue weighted by Gasteiger charge is -2.14. The second-order valence-electron chi connectivity index (χ2n) is 5.05. The van der Waals surface area contributed by atoms with E-state index in [2.05, 4.69) is 26.4 Å². The average molecular weight is 375 g/mol. The molecule has 0 unspecified atom stereocenters. The van der Waals surface area contributed by atoms with Gasteiger partial charge in [0.15, 0.2) is 5.82 Å². The topological polar surface area (TPSA) is 82.2 Å². The second-order valence-corrected chi connectivity index (χ2v) is 5.91. The Morgan fingerprint density at radius 2 is 2.17 bits per heavy atom. The largest absolute Gasteiger partial charge is 0.377 e. The highest BCUT2D eigenvalue weighted by atomic mass is 79.9. The highest BCUT2D eigenvalue weighted by molar-refractivity contribution is 9.10. The zero-order chi connectivity index (χ0) is 17.0. The van der Waals surface area contributed by atoms with Crippen LogP contribution in [0, 0.1) is 18.3 Å². The van der Waals surface area contributed by atoms with Crippen LogP contribution in [0.4, 0.5) is 11.5 Å². The van der Waals surface area contributed by atoms with Crippen LogP contribution in [0.25, 0.3) is 6.08 Å². The molecular weight excluding hydrogens is 360 g/mol. The van der Waals surface area contributed by atoms with E-state index in [9.17, 15) is 10.1 Å². The number of aromatic nitrogens is 1. The first-order valence-electron chi connectivity index (χ1n) is 6.74. The number of nitriles is 1. The number of halogens is 1. The lowest BCUT2D eigenvalue weighted by atomic mass is 10.1. The molecule has 7 heteroatoms. The van der Waals surface area contributed by atoms with Crippen molar-refractivity contribution in [3.63, 3.8) is 0 Å². The Morgan fingerprint density at radius 3 is 2.70 bits per heavy atom. The van der Waals surface area contributed by atoms with Crippen molar-refractivity contribution < 1.29 is 9.32 Å². The van der Waals surface area contributed by atoms with Gasteiger partial charge in [0.1, 0.15) is 17.4 Å². The van der Waals surface area contributed by atoms with E-state index >= 15 is 0 Å². The van der Waals surface area contributed by atoms with Crippen LogP contribution in [0.15, 0.2) is 38.8 Å². The summed E-state index contributed by atoms with van der Waals surface area (Å²) in [7, 11) is 3.87. The van der Waals surface area contributed by atoms with Gasteiger partial charge in [-0.3, -0.25) is 4.79 Å². The third-order valence-corrected chi connectivity index (χ3v) is 3.63. The SMILES string of the molecule is Cc1cc(NC(=O)/C(C#N)=C\c2ccc(N(C)C)c(Br)c2)no1. The summed E-state index contributed by atoms with van der Waals surface area (Å²) in [4.78, 5) is 14.1. The molecule has 0 aliphatic rings. The Labute approximate surface area is 142 Å². The lowest BCUT2D eigenvalue weighted by molar-refractivity contribution is -0.112. The van der Waals surface area contributed by atoms with Crippen LogP contribution < -0.4 is 10.2 Å². The molecule has 1 N–H and O–H groups in total. The van der Waals surface area contributed by atoms with E-state index in [1.165, 1.54) is 6.08 Å². The van der Waals surface area contributed by atoms with Gasteiger partial charge >= 0.3 is 0 Å². The average Bonchev–Trinajstić information content (AvgIpc) is 2.89. The summed E-state index contributed by atoms with van der Waals surface area (Å²) in [6, 6.07) is 9.07. The number of nitrogens with one attached hydrogen (secondary N) is 1. The van der Waals surface area contributed by atoms with Crippen molar-refractivity contribution in [3.8, 4) is 6.07 Å². The van der Waals surface area contributed by atoms with Gasteiger partial charge in [0.2, 0.25) is 0 Å². The number of hydrogen-bond donors (Lipinski definition) is 1. The molecule has 0 radical (unpaired) electrons. The van der Waals surface area contributed by atoms with Gasteiger partial charge in [-0.05, 0) is 46.6 Å².